The van der Waals surface area contributed by atoms with Gasteiger partial charge in [-0.05, 0) is 51.8 Å². The van der Waals surface area contributed by atoms with Gasteiger partial charge in [-0.2, -0.15) is 5.26 Å². The third kappa shape index (κ3) is 3.25. The Morgan fingerprint density at radius 3 is 2.58 bits per heavy atom. The third-order valence-electron chi connectivity index (χ3n) is 2.43. The lowest BCUT2D eigenvalue weighted by atomic mass is 10.1. The van der Waals surface area contributed by atoms with E-state index in [2.05, 4.69) is 15.9 Å². The van der Waals surface area contributed by atoms with Gasteiger partial charge in [0.05, 0.1) is 10.0 Å². The van der Waals surface area contributed by atoms with E-state index in [0.717, 1.165) is 5.56 Å². The number of nitriles is 1. The van der Waals surface area contributed by atoms with Crippen LogP contribution in [-0.2, 0) is 5.88 Å². The normalized spacial score (nSPS) is 10.0. The van der Waals surface area contributed by atoms with Crippen molar-refractivity contribution in [2.24, 2.45) is 0 Å². The van der Waals surface area contributed by atoms with Gasteiger partial charge in [-0.3, -0.25) is 0 Å². The van der Waals surface area contributed by atoms with Crippen molar-refractivity contribution in [1.82, 2.24) is 0 Å². The first-order chi connectivity index (χ1) is 9.13. The Labute approximate surface area is 123 Å². The first-order valence-electron chi connectivity index (χ1n) is 5.36. The van der Waals surface area contributed by atoms with Crippen LogP contribution in [0.4, 0.5) is 4.39 Å². The van der Waals surface area contributed by atoms with Gasteiger partial charge in [-0.1, -0.05) is 6.07 Å². The van der Waals surface area contributed by atoms with Crippen LogP contribution in [0.3, 0.4) is 0 Å². The highest BCUT2D eigenvalue weighted by molar-refractivity contribution is 9.10. The molecule has 2 aromatic carbocycles. The summed E-state index contributed by atoms with van der Waals surface area (Å²) < 4.78 is 19.1. The van der Waals surface area contributed by atoms with Crippen LogP contribution in [0.25, 0.3) is 0 Å². The van der Waals surface area contributed by atoms with Crippen LogP contribution in [0, 0.1) is 17.1 Å². The molecule has 2 nitrogen and oxygen atoms in total. The van der Waals surface area contributed by atoms with E-state index in [9.17, 15) is 4.39 Å². The van der Waals surface area contributed by atoms with Crippen LogP contribution in [-0.4, -0.2) is 0 Å². The van der Waals surface area contributed by atoms with Crippen molar-refractivity contribution >= 4 is 27.5 Å². The molecule has 2 rings (SSSR count). The standard InChI is InChI=1S/C14H8BrClFNO/c15-12-6-11(17)2-4-14(12)19-13-3-1-9(7-16)5-10(13)8-18/h1-6H,7H2. The Kier molecular flexibility index (Phi) is 4.41. The highest BCUT2D eigenvalue weighted by atomic mass is 79.9. The molecule has 0 fully saturated rings. The quantitative estimate of drug-likeness (QED) is 0.737. The van der Waals surface area contributed by atoms with E-state index in [4.69, 9.17) is 21.6 Å². The van der Waals surface area contributed by atoms with Gasteiger partial charge in [0.25, 0.3) is 0 Å². The van der Waals surface area contributed by atoms with Gasteiger partial charge < -0.3 is 4.74 Å². The molecule has 0 radical (unpaired) electrons. The van der Waals surface area contributed by atoms with Crippen molar-refractivity contribution in [3.63, 3.8) is 0 Å². The van der Waals surface area contributed by atoms with Gasteiger partial charge >= 0.3 is 0 Å². The zero-order valence-electron chi connectivity index (χ0n) is 9.66. The highest BCUT2D eigenvalue weighted by Gasteiger charge is 2.09. The molecule has 19 heavy (non-hydrogen) atoms. The van der Waals surface area contributed by atoms with Crippen molar-refractivity contribution in [3.8, 4) is 17.6 Å². The molecular weight excluding hydrogens is 333 g/mol. The molecule has 0 aliphatic rings. The maximum Gasteiger partial charge on any atom is 0.145 e. The molecule has 0 saturated carbocycles. The van der Waals surface area contributed by atoms with E-state index in [0.29, 0.717) is 27.4 Å². The van der Waals surface area contributed by atoms with Gasteiger partial charge in [0, 0.05) is 5.88 Å². The average Bonchev–Trinajstić information content (AvgIpc) is 2.42. The monoisotopic (exact) mass is 339 g/mol. The fourth-order valence-corrected chi connectivity index (χ4v) is 2.11. The molecule has 2 aromatic rings. The summed E-state index contributed by atoms with van der Waals surface area (Å²) in [5, 5.41) is 9.09. The molecule has 0 amide bonds. The molecule has 0 N–H and O–H groups in total. The lowest BCUT2D eigenvalue weighted by Crippen LogP contribution is -1.91. The fourth-order valence-electron chi connectivity index (χ4n) is 1.51. The van der Waals surface area contributed by atoms with Crippen LogP contribution in [0.5, 0.6) is 11.5 Å². The Hall–Kier alpha value is -1.57. The summed E-state index contributed by atoms with van der Waals surface area (Å²) in [5.41, 5.74) is 1.22. The molecule has 0 atom stereocenters. The second kappa shape index (κ2) is 6.05. The Morgan fingerprint density at radius 1 is 1.21 bits per heavy atom. The molecule has 0 aromatic heterocycles. The topological polar surface area (TPSA) is 33.0 Å². The van der Waals surface area contributed by atoms with E-state index >= 15 is 0 Å². The minimum Gasteiger partial charge on any atom is -0.455 e. The second-order valence-electron chi connectivity index (χ2n) is 3.75. The first-order valence-corrected chi connectivity index (χ1v) is 6.68. The van der Waals surface area contributed by atoms with Gasteiger partial charge in [-0.25, -0.2) is 4.39 Å². The fraction of sp³-hybridized carbons (Fsp3) is 0.0714. The number of hydrogen-bond donors (Lipinski definition) is 0. The number of alkyl halides is 1. The Balaban J connectivity index is 2.35. The molecule has 0 bridgehead atoms. The average molecular weight is 341 g/mol. The van der Waals surface area contributed by atoms with E-state index in [1.54, 1.807) is 18.2 Å². The number of benzene rings is 2. The summed E-state index contributed by atoms with van der Waals surface area (Å²) in [6.07, 6.45) is 0. The Bertz CT molecular complexity index is 654. The van der Waals surface area contributed by atoms with Crippen molar-refractivity contribution in [2.45, 2.75) is 5.88 Å². The lowest BCUT2D eigenvalue weighted by molar-refractivity contribution is 0.475. The number of hydrogen-bond acceptors (Lipinski definition) is 2. The van der Waals surface area contributed by atoms with E-state index in [1.165, 1.54) is 18.2 Å². The first kappa shape index (κ1) is 13.9. The minimum atomic E-state index is -0.364. The van der Waals surface area contributed by atoms with Crippen molar-refractivity contribution < 1.29 is 9.13 Å². The maximum atomic E-state index is 13.0. The lowest BCUT2D eigenvalue weighted by Gasteiger charge is -2.10. The maximum absolute atomic E-state index is 13.0. The van der Waals surface area contributed by atoms with Crippen LogP contribution in [0.15, 0.2) is 40.9 Å². The molecule has 5 heteroatoms. The van der Waals surface area contributed by atoms with Gasteiger partial charge in [0.1, 0.15) is 23.4 Å². The number of ether oxygens (including phenoxy) is 1. The summed E-state index contributed by atoms with van der Waals surface area (Å²) in [6, 6.07) is 11.3. The van der Waals surface area contributed by atoms with Crippen LogP contribution in [0.1, 0.15) is 11.1 Å². The van der Waals surface area contributed by atoms with Gasteiger partial charge in [0.15, 0.2) is 0 Å². The number of halogens is 3. The van der Waals surface area contributed by atoms with Crippen LogP contribution in [0.2, 0.25) is 0 Å². The predicted octanol–water partition coefficient (Wildman–Crippen LogP) is 4.99. The molecule has 0 aliphatic heterocycles. The number of rotatable bonds is 3. The minimum absolute atomic E-state index is 0.329. The van der Waals surface area contributed by atoms with E-state index in [-0.39, 0.29) is 5.82 Å². The molecular formula is C14H8BrClFNO. The summed E-state index contributed by atoms with van der Waals surface area (Å²) in [6.45, 7) is 0. The molecule has 0 heterocycles. The Morgan fingerprint density at radius 2 is 1.95 bits per heavy atom. The molecule has 0 aliphatic carbocycles. The van der Waals surface area contributed by atoms with Crippen molar-refractivity contribution in [1.29, 1.82) is 5.26 Å². The summed E-state index contributed by atoms with van der Waals surface area (Å²) in [5.74, 6) is 0.812. The van der Waals surface area contributed by atoms with Crippen LogP contribution >= 0.6 is 27.5 Å². The third-order valence-corrected chi connectivity index (χ3v) is 3.36. The van der Waals surface area contributed by atoms with E-state index in [1.807, 2.05) is 6.07 Å². The summed E-state index contributed by atoms with van der Waals surface area (Å²) in [4.78, 5) is 0. The second-order valence-corrected chi connectivity index (χ2v) is 4.87. The zero-order valence-corrected chi connectivity index (χ0v) is 12.0. The summed E-state index contributed by atoms with van der Waals surface area (Å²) in [7, 11) is 0. The van der Waals surface area contributed by atoms with Gasteiger partial charge in [0.2, 0.25) is 0 Å². The summed E-state index contributed by atoms with van der Waals surface area (Å²) >= 11 is 8.92. The molecule has 0 unspecified atom stereocenters. The zero-order chi connectivity index (χ0) is 13.8. The molecule has 96 valence electrons. The molecule has 0 spiro atoms. The van der Waals surface area contributed by atoms with E-state index < -0.39 is 0 Å². The highest BCUT2D eigenvalue weighted by Crippen LogP contribution is 2.32. The van der Waals surface area contributed by atoms with Crippen molar-refractivity contribution in [3.05, 3.63) is 57.8 Å². The molecule has 0 saturated heterocycles. The SMILES string of the molecule is N#Cc1cc(CCl)ccc1Oc1ccc(F)cc1Br. The van der Waals surface area contributed by atoms with Crippen molar-refractivity contribution in [2.75, 3.05) is 0 Å². The predicted molar refractivity (Wildman–Crippen MR) is 74.9 cm³/mol. The van der Waals surface area contributed by atoms with Crippen LogP contribution < -0.4 is 4.74 Å². The number of nitrogens with zero attached hydrogens (tertiary/aromatic N) is 1. The van der Waals surface area contributed by atoms with Gasteiger partial charge in [-0.15, -0.1) is 11.6 Å². The smallest absolute Gasteiger partial charge is 0.145 e. The largest absolute Gasteiger partial charge is 0.455 e.